The van der Waals surface area contributed by atoms with Crippen molar-refractivity contribution >= 4 is 40.8 Å². The second kappa shape index (κ2) is 8.96. The van der Waals surface area contributed by atoms with E-state index in [1.807, 2.05) is 0 Å². The lowest BCUT2D eigenvalue weighted by Crippen LogP contribution is -2.33. The molecule has 1 heterocycles. The number of carbonyl (C=O) groups excluding carboxylic acids is 3. The molecule has 7 nitrogen and oxygen atoms in total. The van der Waals surface area contributed by atoms with Gasteiger partial charge in [-0.1, -0.05) is 35.9 Å². The first-order valence-electron chi connectivity index (χ1n) is 9.10. The summed E-state index contributed by atoms with van der Waals surface area (Å²) in [6.45, 7) is 1.63. The summed E-state index contributed by atoms with van der Waals surface area (Å²) in [5, 5.41) is 3.01. The van der Waals surface area contributed by atoms with Gasteiger partial charge in [-0.25, -0.2) is 0 Å². The zero-order chi connectivity index (χ0) is 21.0. The van der Waals surface area contributed by atoms with Crippen molar-refractivity contribution in [3.05, 3.63) is 53.6 Å². The maximum Gasteiger partial charge on any atom is 0.312 e. The van der Waals surface area contributed by atoms with Crippen LogP contribution in [-0.4, -0.2) is 37.5 Å². The molecule has 2 aromatic carbocycles. The van der Waals surface area contributed by atoms with Gasteiger partial charge in [0.15, 0.2) is 6.10 Å². The van der Waals surface area contributed by atoms with Crippen molar-refractivity contribution in [2.45, 2.75) is 19.4 Å². The highest BCUT2D eigenvalue weighted by atomic mass is 35.5. The first-order valence-corrected chi connectivity index (χ1v) is 9.47. The molecule has 29 heavy (non-hydrogen) atoms. The van der Waals surface area contributed by atoms with Crippen LogP contribution in [0.4, 0.5) is 11.4 Å². The first kappa shape index (κ1) is 20.7. The summed E-state index contributed by atoms with van der Waals surface area (Å²) >= 11 is 6.02. The molecular formula is C21H21ClN2O5. The summed E-state index contributed by atoms with van der Waals surface area (Å²) in [5.74, 6) is -1.43. The summed E-state index contributed by atoms with van der Waals surface area (Å²) in [7, 11) is 1.52. The first-order chi connectivity index (χ1) is 13.9. The fourth-order valence-corrected chi connectivity index (χ4v) is 3.25. The Hall–Kier alpha value is -3.06. The molecule has 3 rings (SSSR count). The summed E-state index contributed by atoms with van der Waals surface area (Å²) < 4.78 is 10.6. The molecule has 8 heteroatoms. The second-order valence-corrected chi connectivity index (χ2v) is 7.03. The summed E-state index contributed by atoms with van der Waals surface area (Å²) in [5.41, 5.74) is 1.03. The molecule has 1 saturated heterocycles. The Morgan fingerprint density at radius 3 is 2.59 bits per heavy atom. The maximum atomic E-state index is 12.5. The number of rotatable bonds is 6. The minimum atomic E-state index is -1.03. The number of ether oxygens (including phenoxy) is 2. The van der Waals surface area contributed by atoms with E-state index in [9.17, 15) is 14.4 Å². The van der Waals surface area contributed by atoms with Crippen LogP contribution >= 0.6 is 11.6 Å². The van der Waals surface area contributed by atoms with Gasteiger partial charge in [-0.2, -0.15) is 0 Å². The van der Waals surface area contributed by atoms with Crippen molar-refractivity contribution < 1.29 is 23.9 Å². The van der Waals surface area contributed by atoms with Gasteiger partial charge in [0.1, 0.15) is 5.75 Å². The highest BCUT2D eigenvalue weighted by Crippen LogP contribution is 2.33. The Kier molecular flexibility index (Phi) is 6.39. The number of nitrogens with zero attached hydrogens (tertiary/aromatic N) is 1. The Labute approximate surface area is 173 Å². The fraction of sp³-hybridized carbons (Fsp3) is 0.286. The molecule has 0 aromatic heterocycles. The Bertz CT molecular complexity index is 933. The molecule has 1 N–H and O–H groups in total. The summed E-state index contributed by atoms with van der Waals surface area (Å²) in [6.07, 6.45) is -1.02. The molecule has 1 fully saturated rings. The van der Waals surface area contributed by atoms with E-state index in [-0.39, 0.29) is 18.9 Å². The topological polar surface area (TPSA) is 84.9 Å². The molecule has 0 saturated carbocycles. The van der Waals surface area contributed by atoms with Crippen molar-refractivity contribution in [2.24, 2.45) is 5.92 Å². The largest absolute Gasteiger partial charge is 0.495 e. The molecule has 1 aliphatic rings. The molecule has 0 unspecified atom stereocenters. The van der Waals surface area contributed by atoms with Gasteiger partial charge in [-0.15, -0.1) is 0 Å². The van der Waals surface area contributed by atoms with Gasteiger partial charge in [-0.3, -0.25) is 14.4 Å². The summed E-state index contributed by atoms with van der Waals surface area (Å²) in [6, 6.07) is 13.9. The van der Waals surface area contributed by atoms with Crippen LogP contribution in [0.2, 0.25) is 5.02 Å². The van der Waals surface area contributed by atoms with E-state index in [4.69, 9.17) is 21.1 Å². The number of methoxy groups -OCH3 is 1. The zero-order valence-electron chi connectivity index (χ0n) is 16.1. The average Bonchev–Trinajstić information content (AvgIpc) is 3.11. The number of esters is 1. The van der Waals surface area contributed by atoms with Crippen LogP contribution in [0.15, 0.2) is 48.5 Å². The van der Waals surface area contributed by atoms with Crippen LogP contribution in [0.3, 0.4) is 0 Å². The molecule has 0 radical (unpaired) electrons. The monoisotopic (exact) mass is 416 g/mol. The number of halogens is 1. The maximum absolute atomic E-state index is 12.5. The van der Waals surface area contributed by atoms with Crippen LogP contribution in [0.25, 0.3) is 0 Å². The third-order valence-electron chi connectivity index (χ3n) is 4.63. The normalized spacial score (nSPS) is 17.0. The smallest absolute Gasteiger partial charge is 0.312 e. The van der Waals surface area contributed by atoms with Gasteiger partial charge in [0.25, 0.3) is 5.91 Å². The molecule has 0 aliphatic carbocycles. The molecular weight excluding hydrogens is 396 g/mol. The van der Waals surface area contributed by atoms with Crippen LogP contribution in [0, 0.1) is 5.92 Å². The van der Waals surface area contributed by atoms with Gasteiger partial charge >= 0.3 is 5.97 Å². The highest BCUT2D eigenvalue weighted by molar-refractivity contribution is 6.33. The van der Waals surface area contributed by atoms with Crippen molar-refractivity contribution in [2.75, 3.05) is 23.9 Å². The third-order valence-corrected chi connectivity index (χ3v) is 4.96. The van der Waals surface area contributed by atoms with Gasteiger partial charge in [0.2, 0.25) is 5.91 Å². The van der Waals surface area contributed by atoms with E-state index in [0.29, 0.717) is 22.1 Å². The number of benzene rings is 2. The lowest BCUT2D eigenvalue weighted by atomic mass is 10.1. The van der Waals surface area contributed by atoms with Crippen molar-refractivity contribution in [3.8, 4) is 5.75 Å². The molecule has 2 atom stereocenters. The molecule has 0 bridgehead atoms. The van der Waals surface area contributed by atoms with E-state index >= 15 is 0 Å². The van der Waals surface area contributed by atoms with E-state index in [0.717, 1.165) is 0 Å². The third kappa shape index (κ3) is 4.68. The lowest BCUT2D eigenvalue weighted by molar-refractivity contribution is -0.157. The number of hydrogen-bond donors (Lipinski definition) is 1. The van der Waals surface area contributed by atoms with Crippen molar-refractivity contribution in [1.82, 2.24) is 0 Å². The quantitative estimate of drug-likeness (QED) is 0.730. The predicted molar refractivity (Wildman–Crippen MR) is 109 cm³/mol. The van der Waals surface area contributed by atoms with Gasteiger partial charge in [0, 0.05) is 13.0 Å². The lowest BCUT2D eigenvalue weighted by Gasteiger charge is -2.20. The highest BCUT2D eigenvalue weighted by Gasteiger charge is 2.38. The number of nitrogens with one attached hydrogen (secondary N) is 1. The number of para-hydroxylation sites is 3. The Balaban J connectivity index is 1.61. The minimum Gasteiger partial charge on any atom is -0.495 e. The number of amides is 2. The zero-order valence-corrected chi connectivity index (χ0v) is 16.8. The van der Waals surface area contributed by atoms with E-state index < -0.39 is 23.9 Å². The standard InChI is InChI=1S/C21H21ClN2O5/c1-13(20(26)23-16-8-4-3-7-15(16)22)29-21(27)14-11-19(25)24(12-14)17-9-5-6-10-18(17)28-2/h3-10,13-14H,11-12H2,1-2H3,(H,23,26)/t13-,14+/m0/s1. The fourth-order valence-electron chi connectivity index (χ4n) is 3.07. The second-order valence-electron chi connectivity index (χ2n) is 6.63. The van der Waals surface area contributed by atoms with Crippen molar-refractivity contribution in [3.63, 3.8) is 0 Å². The molecule has 2 aromatic rings. The molecule has 1 aliphatic heterocycles. The molecule has 0 spiro atoms. The Morgan fingerprint density at radius 1 is 1.17 bits per heavy atom. The van der Waals surface area contributed by atoms with Gasteiger partial charge < -0.3 is 19.7 Å². The predicted octanol–water partition coefficient (Wildman–Crippen LogP) is 3.27. The molecule has 2 amide bonds. The molecule has 152 valence electrons. The van der Waals surface area contributed by atoms with E-state index in [2.05, 4.69) is 5.32 Å². The summed E-state index contributed by atoms with van der Waals surface area (Å²) in [4.78, 5) is 38.7. The van der Waals surface area contributed by atoms with E-state index in [1.165, 1.54) is 18.9 Å². The number of carbonyl (C=O) groups is 3. The van der Waals surface area contributed by atoms with Gasteiger partial charge in [0.05, 0.1) is 29.4 Å². The van der Waals surface area contributed by atoms with Crippen LogP contribution in [0.5, 0.6) is 5.75 Å². The van der Waals surface area contributed by atoms with Gasteiger partial charge in [-0.05, 0) is 31.2 Å². The van der Waals surface area contributed by atoms with E-state index in [1.54, 1.807) is 48.5 Å². The minimum absolute atomic E-state index is 0.00966. The number of anilines is 2. The van der Waals surface area contributed by atoms with Crippen LogP contribution < -0.4 is 15.0 Å². The number of hydrogen-bond acceptors (Lipinski definition) is 5. The average molecular weight is 417 g/mol. The van der Waals surface area contributed by atoms with Crippen LogP contribution in [0.1, 0.15) is 13.3 Å². The Morgan fingerprint density at radius 2 is 1.86 bits per heavy atom. The SMILES string of the molecule is COc1ccccc1N1C[C@H](C(=O)O[C@@H](C)C(=O)Nc2ccccc2Cl)CC1=O. The van der Waals surface area contributed by atoms with Crippen molar-refractivity contribution in [1.29, 1.82) is 0 Å². The van der Waals surface area contributed by atoms with Crippen LogP contribution in [-0.2, 0) is 19.1 Å².